The molecular weight excluding hydrogens is 387 g/mol. The molecule has 31 heavy (non-hydrogen) atoms. The van der Waals surface area contributed by atoms with Crippen molar-refractivity contribution in [2.75, 3.05) is 0 Å². The Morgan fingerprint density at radius 1 is 1.10 bits per heavy atom. The molecule has 0 aromatic carbocycles. The summed E-state index contributed by atoms with van der Waals surface area (Å²) in [5.74, 6) is 3.15. The van der Waals surface area contributed by atoms with E-state index >= 15 is 0 Å². The van der Waals surface area contributed by atoms with Crippen LogP contribution in [0.5, 0.6) is 0 Å². The van der Waals surface area contributed by atoms with E-state index in [1.807, 2.05) is 6.08 Å². The third kappa shape index (κ3) is 4.93. The molecule has 3 aliphatic carbocycles. The van der Waals surface area contributed by atoms with Gasteiger partial charge in [0.2, 0.25) is 0 Å². The average molecular weight is 431 g/mol. The highest BCUT2D eigenvalue weighted by Crippen LogP contribution is 2.59. The van der Waals surface area contributed by atoms with Crippen LogP contribution in [0, 0.1) is 35.0 Å². The molecule has 2 N–H and O–H groups in total. The third-order valence-electron chi connectivity index (χ3n) is 8.81. The Balaban J connectivity index is 1.77. The number of halogens is 1. The van der Waals surface area contributed by atoms with Crippen LogP contribution in [0.2, 0.25) is 0 Å². The van der Waals surface area contributed by atoms with Gasteiger partial charge in [-0.2, -0.15) is 0 Å². The van der Waals surface area contributed by atoms with Crippen LogP contribution in [0.3, 0.4) is 0 Å². The number of allylic oxidation sites excluding steroid dienone is 5. The number of alkyl halides is 1. The predicted octanol–water partition coefficient (Wildman–Crippen LogP) is 6.56. The van der Waals surface area contributed by atoms with Crippen molar-refractivity contribution in [2.45, 2.75) is 91.5 Å². The van der Waals surface area contributed by atoms with E-state index in [4.69, 9.17) is 0 Å². The van der Waals surface area contributed by atoms with E-state index in [9.17, 15) is 14.6 Å². The number of aliphatic hydroxyl groups excluding tert-OH is 2. The summed E-state index contributed by atoms with van der Waals surface area (Å²) in [6.45, 7) is 15.6. The largest absolute Gasteiger partial charge is 0.390 e. The van der Waals surface area contributed by atoms with E-state index < -0.39 is 18.4 Å². The van der Waals surface area contributed by atoms with Crippen LogP contribution < -0.4 is 0 Å². The van der Waals surface area contributed by atoms with Crippen molar-refractivity contribution in [1.82, 2.24) is 0 Å². The summed E-state index contributed by atoms with van der Waals surface area (Å²) < 4.78 is 13.9. The van der Waals surface area contributed by atoms with Gasteiger partial charge in [-0.15, -0.1) is 0 Å². The highest BCUT2D eigenvalue weighted by atomic mass is 19.1. The Labute approximate surface area is 189 Å². The number of hydrogen-bond donors (Lipinski definition) is 2. The lowest BCUT2D eigenvalue weighted by Crippen LogP contribution is -2.40. The maximum Gasteiger partial charge on any atom is 0.156 e. The zero-order valence-corrected chi connectivity index (χ0v) is 20.2. The van der Waals surface area contributed by atoms with Gasteiger partial charge >= 0.3 is 0 Å². The first-order valence-electron chi connectivity index (χ1n) is 12.3. The van der Waals surface area contributed by atoms with Gasteiger partial charge in [-0.1, -0.05) is 71.1 Å². The monoisotopic (exact) mass is 430 g/mol. The van der Waals surface area contributed by atoms with Crippen molar-refractivity contribution in [1.29, 1.82) is 0 Å². The first kappa shape index (κ1) is 24.5. The fraction of sp³-hybridized carbons (Fsp3) is 0.714. The van der Waals surface area contributed by atoms with Gasteiger partial charge in [-0.3, -0.25) is 0 Å². The molecule has 0 heterocycles. The molecule has 0 aliphatic heterocycles. The average Bonchev–Trinajstić information content (AvgIpc) is 3.09. The Hall–Kier alpha value is -1.19. The van der Waals surface area contributed by atoms with Gasteiger partial charge in [0.25, 0.3) is 0 Å². The van der Waals surface area contributed by atoms with Crippen LogP contribution in [0.25, 0.3) is 0 Å². The van der Waals surface area contributed by atoms with E-state index in [0.717, 1.165) is 12.0 Å². The maximum atomic E-state index is 13.9. The third-order valence-corrected chi connectivity index (χ3v) is 8.81. The molecular formula is C28H43FO2. The zero-order valence-electron chi connectivity index (χ0n) is 20.2. The lowest BCUT2D eigenvalue weighted by molar-refractivity contribution is -0.00417. The van der Waals surface area contributed by atoms with E-state index in [0.29, 0.717) is 40.6 Å². The molecule has 0 spiro atoms. The smallest absolute Gasteiger partial charge is 0.156 e. The van der Waals surface area contributed by atoms with Crippen LogP contribution in [0.1, 0.15) is 73.1 Å². The van der Waals surface area contributed by atoms with Crippen LogP contribution in [-0.2, 0) is 0 Å². The predicted molar refractivity (Wildman–Crippen MR) is 127 cm³/mol. The fourth-order valence-electron chi connectivity index (χ4n) is 6.29. The second kappa shape index (κ2) is 9.75. The number of rotatable bonds is 5. The molecule has 0 aromatic rings. The summed E-state index contributed by atoms with van der Waals surface area (Å²) in [6, 6.07) is 0. The molecule has 0 saturated heterocycles. The first-order valence-corrected chi connectivity index (χ1v) is 12.3. The molecule has 0 radical (unpaired) electrons. The van der Waals surface area contributed by atoms with Crippen molar-refractivity contribution >= 4 is 0 Å². The Morgan fingerprint density at radius 2 is 1.81 bits per heavy atom. The minimum Gasteiger partial charge on any atom is -0.390 e. The quantitative estimate of drug-likeness (QED) is 0.485. The molecule has 3 heteroatoms. The normalized spacial score (nSPS) is 41.3. The topological polar surface area (TPSA) is 40.5 Å². The lowest BCUT2D eigenvalue weighted by Gasteiger charge is -2.44. The second-order valence-corrected chi connectivity index (χ2v) is 11.1. The van der Waals surface area contributed by atoms with Gasteiger partial charge in [-0.05, 0) is 78.3 Å². The van der Waals surface area contributed by atoms with E-state index in [2.05, 4.69) is 59.4 Å². The number of hydrogen-bond acceptors (Lipinski definition) is 2. The van der Waals surface area contributed by atoms with Gasteiger partial charge in [-0.25, -0.2) is 4.39 Å². The van der Waals surface area contributed by atoms with Crippen molar-refractivity contribution in [3.63, 3.8) is 0 Å². The SMILES string of the molecule is C=C1/C(=C\C=C2/CCC[C@]3(C)[C@@H]([C@H](C)/C=C/[C@H](C)C(C)C)CC[C@@H]23)C[C@@H](O)[C@@H](F)[C@@H]1O. The van der Waals surface area contributed by atoms with Gasteiger partial charge in [0.1, 0.15) is 6.10 Å². The Kier molecular flexibility index (Phi) is 7.69. The van der Waals surface area contributed by atoms with Crippen LogP contribution in [0.4, 0.5) is 4.39 Å². The fourth-order valence-corrected chi connectivity index (χ4v) is 6.29. The summed E-state index contributed by atoms with van der Waals surface area (Å²) in [7, 11) is 0. The molecule has 8 atom stereocenters. The molecule has 3 fully saturated rings. The maximum absolute atomic E-state index is 13.9. The number of fused-ring (bicyclic) bond motifs is 1. The molecule has 3 rings (SSSR count). The van der Waals surface area contributed by atoms with Crippen molar-refractivity contribution in [3.8, 4) is 0 Å². The summed E-state index contributed by atoms with van der Waals surface area (Å²) in [5.41, 5.74) is 2.99. The molecule has 0 unspecified atom stereocenters. The van der Waals surface area contributed by atoms with Crippen molar-refractivity contribution < 1.29 is 14.6 Å². The van der Waals surface area contributed by atoms with Crippen LogP contribution >= 0.6 is 0 Å². The van der Waals surface area contributed by atoms with Crippen molar-refractivity contribution in [3.05, 3.63) is 47.6 Å². The summed E-state index contributed by atoms with van der Waals surface area (Å²) >= 11 is 0. The van der Waals surface area contributed by atoms with E-state index in [1.54, 1.807) is 0 Å². The highest BCUT2D eigenvalue weighted by Gasteiger charge is 2.50. The molecule has 0 aromatic heterocycles. The summed E-state index contributed by atoms with van der Waals surface area (Å²) in [6.07, 6.45) is 11.3. The summed E-state index contributed by atoms with van der Waals surface area (Å²) in [5, 5.41) is 20.0. The van der Waals surface area contributed by atoms with Crippen LogP contribution in [0.15, 0.2) is 47.6 Å². The van der Waals surface area contributed by atoms with E-state index in [-0.39, 0.29) is 6.42 Å². The van der Waals surface area contributed by atoms with E-state index in [1.165, 1.54) is 31.3 Å². The minimum absolute atomic E-state index is 0.223. The molecule has 0 amide bonds. The lowest BCUT2D eigenvalue weighted by atomic mass is 9.61. The molecule has 3 saturated carbocycles. The number of aliphatic hydroxyl groups is 2. The summed E-state index contributed by atoms with van der Waals surface area (Å²) in [4.78, 5) is 0. The standard InChI is InChI=1S/C28H43FO2/c1-17(2)18(3)9-10-19(4)23-13-14-24-21(8-7-15-28(23,24)6)11-12-22-16-25(30)26(29)27(31)20(22)5/h9-12,17-19,23-27,30-31H,5,7-8,13-16H2,1-4,6H3/b10-9+,21-11+,22-12-/t18-,19+,23+,24-,25+,26+,27+,28+/m0/s1. The highest BCUT2D eigenvalue weighted by molar-refractivity contribution is 5.40. The van der Waals surface area contributed by atoms with Gasteiger partial charge in [0.05, 0.1) is 6.10 Å². The molecule has 3 aliphatic rings. The van der Waals surface area contributed by atoms with Gasteiger partial charge < -0.3 is 10.2 Å². The Morgan fingerprint density at radius 3 is 2.48 bits per heavy atom. The molecule has 0 bridgehead atoms. The van der Waals surface area contributed by atoms with Crippen molar-refractivity contribution in [2.24, 2.45) is 35.0 Å². The zero-order chi connectivity index (χ0) is 22.9. The Bertz CT molecular complexity index is 748. The minimum atomic E-state index is -1.64. The molecule has 174 valence electrons. The molecule has 2 nitrogen and oxygen atoms in total. The first-order chi connectivity index (χ1) is 14.6. The second-order valence-electron chi connectivity index (χ2n) is 11.1. The van der Waals surface area contributed by atoms with Crippen LogP contribution in [-0.4, -0.2) is 28.6 Å². The van der Waals surface area contributed by atoms with Gasteiger partial charge in [0.15, 0.2) is 6.17 Å². The van der Waals surface area contributed by atoms with Gasteiger partial charge in [0, 0.05) is 6.42 Å².